The van der Waals surface area contributed by atoms with Crippen LogP contribution in [0.5, 0.6) is 0 Å². The van der Waals surface area contributed by atoms with Gasteiger partial charge in [0.2, 0.25) is 29.9 Å². The molecule has 0 unspecified atom stereocenters. The van der Waals surface area contributed by atoms with Gasteiger partial charge in [0.25, 0.3) is 5.91 Å². The molecule has 1 saturated heterocycles. The van der Waals surface area contributed by atoms with Crippen molar-refractivity contribution in [3.05, 3.63) is 35.9 Å². The molecule has 0 aliphatic carbocycles. The molecule has 5 N–H and O–H groups in total. The monoisotopic (exact) mass is 529 g/mol. The highest BCUT2D eigenvalue weighted by Gasteiger charge is 2.40. The fourth-order valence-corrected chi connectivity index (χ4v) is 4.52. The predicted molar refractivity (Wildman–Crippen MR) is 140 cm³/mol. The van der Waals surface area contributed by atoms with E-state index in [0.717, 1.165) is 5.56 Å². The molecule has 0 aromatic heterocycles. The summed E-state index contributed by atoms with van der Waals surface area (Å²) in [5.74, 6) is -3.62. The van der Waals surface area contributed by atoms with Gasteiger partial charge in [0.1, 0.15) is 24.2 Å². The molecule has 2 rings (SSSR count). The van der Waals surface area contributed by atoms with E-state index in [1.807, 2.05) is 19.9 Å². The number of nitrogens with two attached hydrogens (primary N) is 1. The van der Waals surface area contributed by atoms with E-state index in [0.29, 0.717) is 19.3 Å². The summed E-state index contributed by atoms with van der Waals surface area (Å²) in [6.45, 7) is 7.48. The normalized spacial score (nSPS) is 18.1. The summed E-state index contributed by atoms with van der Waals surface area (Å²) in [7, 11) is 0. The van der Waals surface area contributed by atoms with E-state index < -0.39 is 53.7 Å². The van der Waals surface area contributed by atoms with Crippen molar-refractivity contribution in [1.82, 2.24) is 20.9 Å². The minimum atomic E-state index is -1.04. The van der Waals surface area contributed by atoms with Crippen molar-refractivity contribution in [2.75, 3.05) is 6.54 Å². The molecule has 38 heavy (non-hydrogen) atoms. The van der Waals surface area contributed by atoms with Crippen molar-refractivity contribution in [1.29, 1.82) is 0 Å². The van der Waals surface area contributed by atoms with Crippen molar-refractivity contribution in [3.8, 4) is 0 Å². The molecule has 5 atom stereocenters. The summed E-state index contributed by atoms with van der Waals surface area (Å²) in [6.07, 6.45) is 1.76. The van der Waals surface area contributed by atoms with Gasteiger partial charge in [-0.25, -0.2) is 0 Å². The predicted octanol–water partition coefficient (Wildman–Crippen LogP) is 0.0608. The molecule has 1 aromatic carbocycles. The number of rotatable bonds is 13. The standard InChI is InChI=1S/C27H39N5O6/c1-5-17(4)23(26(37)30-22(16(2)3)24(28)35)31-25(36)20-12-9-13-32(20)27(38)19(29-21(34)15-33)14-18-10-7-6-8-11-18/h6-8,10-11,15-17,19-20,22-23H,5,9,12-14H2,1-4H3,(H2,28,35)(H,29,34)(H,30,37)(H,31,36)/t17-,19-,20-,22-,23-/m0/s1. The van der Waals surface area contributed by atoms with Crippen LogP contribution < -0.4 is 21.7 Å². The highest BCUT2D eigenvalue weighted by atomic mass is 16.2. The Morgan fingerprint density at radius 1 is 1.03 bits per heavy atom. The lowest BCUT2D eigenvalue weighted by molar-refractivity contribution is -0.143. The molecule has 5 amide bonds. The van der Waals surface area contributed by atoms with Gasteiger partial charge < -0.3 is 26.6 Å². The van der Waals surface area contributed by atoms with Gasteiger partial charge in [0.15, 0.2) is 0 Å². The van der Waals surface area contributed by atoms with Crippen LogP contribution in [-0.2, 0) is 35.2 Å². The van der Waals surface area contributed by atoms with Crippen molar-refractivity contribution >= 4 is 35.8 Å². The SMILES string of the molecule is CC[C@H](C)[C@H](NC(=O)[C@@H]1CCCN1C(=O)[C@H](Cc1ccccc1)NC(=O)C=O)C(=O)N[C@H](C(N)=O)C(C)C. The molecule has 0 bridgehead atoms. The Bertz CT molecular complexity index is 1010. The third-order valence-corrected chi connectivity index (χ3v) is 6.91. The number of nitrogens with one attached hydrogen (secondary N) is 3. The van der Waals surface area contributed by atoms with Gasteiger partial charge in [-0.1, -0.05) is 64.4 Å². The van der Waals surface area contributed by atoms with E-state index >= 15 is 0 Å². The number of hydrogen-bond donors (Lipinski definition) is 4. The fraction of sp³-hybridized carbons (Fsp3) is 0.556. The van der Waals surface area contributed by atoms with Crippen LogP contribution in [0, 0.1) is 11.8 Å². The number of benzene rings is 1. The minimum absolute atomic E-state index is 0.102. The Morgan fingerprint density at radius 2 is 1.68 bits per heavy atom. The summed E-state index contributed by atoms with van der Waals surface area (Å²) >= 11 is 0. The first kappa shape index (κ1) is 30.5. The average Bonchev–Trinajstić information content (AvgIpc) is 3.39. The first-order valence-electron chi connectivity index (χ1n) is 13.0. The van der Waals surface area contributed by atoms with Crippen LogP contribution in [0.1, 0.15) is 52.5 Å². The van der Waals surface area contributed by atoms with Crippen LogP contribution in [-0.4, -0.2) is 71.4 Å². The van der Waals surface area contributed by atoms with E-state index in [4.69, 9.17) is 5.73 Å². The molecule has 1 aliphatic heterocycles. The van der Waals surface area contributed by atoms with Crippen LogP contribution >= 0.6 is 0 Å². The Morgan fingerprint density at radius 3 is 2.24 bits per heavy atom. The molecule has 0 radical (unpaired) electrons. The molecule has 1 fully saturated rings. The lowest BCUT2D eigenvalue weighted by Gasteiger charge is -2.31. The minimum Gasteiger partial charge on any atom is -0.368 e. The van der Waals surface area contributed by atoms with Crippen molar-refractivity contribution in [2.24, 2.45) is 17.6 Å². The number of carbonyl (C=O) groups excluding carboxylic acids is 6. The Labute approximate surface area is 223 Å². The first-order valence-corrected chi connectivity index (χ1v) is 13.0. The highest BCUT2D eigenvalue weighted by molar-refractivity contribution is 6.24. The Balaban J connectivity index is 2.22. The van der Waals surface area contributed by atoms with E-state index in [-0.39, 0.29) is 31.1 Å². The second kappa shape index (κ2) is 14.3. The summed E-state index contributed by atoms with van der Waals surface area (Å²) in [5.41, 5.74) is 6.22. The summed E-state index contributed by atoms with van der Waals surface area (Å²) in [6, 6.07) is 5.28. The van der Waals surface area contributed by atoms with Crippen LogP contribution in [0.4, 0.5) is 0 Å². The highest BCUT2D eigenvalue weighted by Crippen LogP contribution is 2.21. The maximum absolute atomic E-state index is 13.5. The largest absolute Gasteiger partial charge is 0.368 e. The number of aldehydes is 1. The molecular weight excluding hydrogens is 490 g/mol. The number of carbonyl (C=O) groups is 6. The fourth-order valence-electron chi connectivity index (χ4n) is 4.52. The molecule has 0 spiro atoms. The molecule has 1 aromatic rings. The molecule has 1 heterocycles. The van der Waals surface area contributed by atoms with E-state index in [1.54, 1.807) is 38.1 Å². The quantitative estimate of drug-likeness (QED) is 0.208. The zero-order chi connectivity index (χ0) is 28.4. The second-order valence-electron chi connectivity index (χ2n) is 10.1. The van der Waals surface area contributed by atoms with Gasteiger partial charge in [-0.2, -0.15) is 0 Å². The summed E-state index contributed by atoms with van der Waals surface area (Å²) in [4.78, 5) is 76.0. The second-order valence-corrected chi connectivity index (χ2v) is 10.1. The number of nitrogens with zero attached hydrogens (tertiary/aromatic N) is 1. The zero-order valence-electron chi connectivity index (χ0n) is 22.4. The third kappa shape index (κ3) is 8.12. The van der Waals surface area contributed by atoms with Gasteiger partial charge in [0.05, 0.1) is 0 Å². The van der Waals surface area contributed by atoms with Crippen LogP contribution in [0.15, 0.2) is 30.3 Å². The van der Waals surface area contributed by atoms with Crippen molar-refractivity contribution in [2.45, 2.75) is 77.5 Å². The van der Waals surface area contributed by atoms with Crippen LogP contribution in [0.3, 0.4) is 0 Å². The Hall–Kier alpha value is -3.76. The van der Waals surface area contributed by atoms with Crippen molar-refractivity contribution < 1.29 is 28.8 Å². The molecule has 11 heteroatoms. The number of primary amides is 1. The lowest BCUT2D eigenvalue weighted by Crippen LogP contribution is -2.59. The molecule has 208 valence electrons. The van der Waals surface area contributed by atoms with Crippen LogP contribution in [0.2, 0.25) is 0 Å². The van der Waals surface area contributed by atoms with Gasteiger partial charge in [0, 0.05) is 13.0 Å². The van der Waals surface area contributed by atoms with Gasteiger partial charge in [-0.3, -0.25) is 28.8 Å². The average molecular weight is 530 g/mol. The van der Waals surface area contributed by atoms with Crippen molar-refractivity contribution in [3.63, 3.8) is 0 Å². The third-order valence-electron chi connectivity index (χ3n) is 6.91. The summed E-state index contributed by atoms with van der Waals surface area (Å²) < 4.78 is 0. The summed E-state index contributed by atoms with van der Waals surface area (Å²) in [5, 5.41) is 7.87. The van der Waals surface area contributed by atoms with Crippen LogP contribution in [0.25, 0.3) is 0 Å². The van der Waals surface area contributed by atoms with Gasteiger partial charge in [-0.05, 0) is 30.2 Å². The maximum atomic E-state index is 13.5. The number of hydrogen-bond acceptors (Lipinski definition) is 6. The van der Waals surface area contributed by atoms with E-state index in [9.17, 15) is 28.8 Å². The van der Waals surface area contributed by atoms with Gasteiger partial charge >= 0.3 is 0 Å². The molecular formula is C27H39N5O6. The van der Waals surface area contributed by atoms with Gasteiger partial charge in [-0.15, -0.1) is 0 Å². The maximum Gasteiger partial charge on any atom is 0.284 e. The van der Waals surface area contributed by atoms with E-state index in [1.165, 1.54) is 4.90 Å². The number of amides is 5. The Kier molecular flexibility index (Phi) is 11.4. The topological polar surface area (TPSA) is 168 Å². The molecule has 0 saturated carbocycles. The number of likely N-dealkylation sites (tertiary alicyclic amines) is 1. The van der Waals surface area contributed by atoms with E-state index in [2.05, 4.69) is 16.0 Å². The smallest absolute Gasteiger partial charge is 0.284 e. The molecule has 1 aliphatic rings. The lowest BCUT2D eigenvalue weighted by atomic mass is 9.96. The first-order chi connectivity index (χ1) is 18.0. The zero-order valence-corrected chi connectivity index (χ0v) is 22.4. The molecule has 11 nitrogen and oxygen atoms in total.